The summed E-state index contributed by atoms with van der Waals surface area (Å²) in [7, 11) is -4.18. The topological polar surface area (TPSA) is 103 Å². The van der Waals surface area contributed by atoms with Gasteiger partial charge in [0.15, 0.2) is 11.6 Å². The third kappa shape index (κ3) is 4.36. The highest BCUT2D eigenvalue weighted by Gasteiger charge is 2.26. The molecule has 0 spiro atoms. The van der Waals surface area contributed by atoms with Gasteiger partial charge in [-0.2, -0.15) is 9.78 Å². The van der Waals surface area contributed by atoms with Crippen molar-refractivity contribution in [3.05, 3.63) is 76.7 Å². The zero-order valence-corrected chi connectivity index (χ0v) is 19.9. The second-order valence-corrected chi connectivity index (χ2v) is 9.56. The van der Waals surface area contributed by atoms with Crippen molar-refractivity contribution in [2.45, 2.75) is 32.6 Å². The average molecular weight is 483 g/mol. The fraction of sp³-hybridized carbons (Fsp3) is 0.208. The van der Waals surface area contributed by atoms with Gasteiger partial charge in [0.2, 0.25) is 0 Å². The molecule has 2 heterocycles. The molecule has 0 aliphatic heterocycles. The maximum atomic E-state index is 13.3. The van der Waals surface area contributed by atoms with Crippen molar-refractivity contribution in [2.75, 3.05) is 11.3 Å². The van der Waals surface area contributed by atoms with Crippen LogP contribution in [0.25, 0.3) is 16.7 Å². The Bertz CT molecular complexity index is 1510. The molecule has 0 aliphatic carbocycles. The summed E-state index contributed by atoms with van der Waals surface area (Å²) < 4.78 is 48.2. The van der Waals surface area contributed by atoms with Gasteiger partial charge >= 0.3 is 5.97 Å². The number of hydrogen-bond acceptors (Lipinski definition) is 6. The van der Waals surface area contributed by atoms with Crippen molar-refractivity contribution in [2.24, 2.45) is 0 Å². The Hall–Kier alpha value is -3.79. The van der Waals surface area contributed by atoms with Crippen LogP contribution >= 0.6 is 0 Å². The van der Waals surface area contributed by atoms with Crippen LogP contribution in [0.3, 0.4) is 0 Å². The fourth-order valence-corrected chi connectivity index (χ4v) is 4.78. The number of sulfonamides is 1. The highest BCUT2D eigenvalue weighted by molar-refractivity contribution is 7.92. The molecule has 2 aromatic carbocycles. The average Bonchev–Trinajstić information content (AvgIpc) is 3.17. The van der Waals surface area contributed by atoms with Crippen LogP contribution in [0.5, 0.6) is 0 Å². The summed E-state index contributed by atoms with van der Waals surface area (Å²) in [6, 6.07) is 10.1. The van der Waals surface area contributed by atoms with E-state index < -0.39 is 21.8 Å². The van der Waals surface area contributed by atoms with Gasteiger partial charge in [-0.1, -0.05) is 11.6 Å². The van der Waals surface area contributed by atoms with Crippen LogP contribution in [0.15, 0.2) is 53.6 Å². The maximum absolute atomic E-state index is 13.3. The van der Waals surface area contributed by atoms with Gasteiger partial charge in [-0.05, 0) is 75.2 Å². The molecular weight excluding hydrogens is 459 g/mol. The summed E-state index contributed by atoms with van der Waals surface area (Å²) in [6.45, 7) is 7.60. The van der Waals surface area contributed by atoms with E-state index in [1.807, 2.05) is 32.9 Å². The Balaban J connectivity index is 1.89. The monoisotopic (exact) mass is 482 g/mol. The molecule has 1 N–H and O–H groups in total. The van der Waals surface area contributed by atoms with Crippen LogP contribution in [0.4, 0.5) is 10.2 Å². The molecule has 0 aliphatic rings. The van der Waals surface area contributed by atoms with E-state index >= 15 is 0 Å². The number of pyridine rings is 1. The number of ether oxygens (including phenoxy) is 1. The molecule has 8 nitrogen and oxygen atoms in total. The third-order valence-corrected chi connectivity index (χ3v) is 6.63. The largest absolute Gasteiger partial charge is 0.462 e. The number of esters is 1. The number of aromatic nitrogens is 3. The van der Waals surface area contributed by atoms with Gasteiger partial charge in [0.05, 0.1) is 23.2 Å². The molecule has 0 atom stereocenters. The molecule has 34 heavy (non-hydrogen) atoms. The van der Waals surface area contributed by atoms with Crippen LogP contribution in [-0.4, -0.2) is 35.8 Å². The van der Waals surface area contributed by atoms with Gasteiger partial charge in [-0.3, -0.25) is 4.72 Å². The minimum atomic E-state index is -4.18. The zero-order chi connectivity index (χ0) is 24.6. The summed E-state index contributed by atoms with van der Waals surface area (Å²) in [5.41, 5.74) is 3.62. The second-order valence-electron chi connectivity index (χ2n) is 7.87. The van der Waals surface area contributed by atoms with Crippen LogP contribution in [-0.2, 0) is 14.8 Å². The van der Waals surface area contributed by atoms with Gasteiger partial charge < -0.3 is 4.74 Å². The molecular formula is C24H23FN4O4S. The quantitative estimate of drug-likeness (QED) is 0.407. The molecule has 0 saturated heterocycles. The lowest BCUT2D eigenvalue weighted by Gasteiger charge is -2.14. The molecule has 0 fully saturated rings. The number of halogens is 1. The molecule has 4 rings (SSSR count). The van der Waals surface area contributed by atoms with Gasteiger partial charge in [0.1, 0.15) is 11.4 Å². The number of hydrogen-bond donors (Lipinski definition) is 1. The molecule has 0 radical (unpaired) electrons. The van der Waals surface area contributed by atoms with E-state index in [0.29, 0.717) is 5.82 Å². The SMILES string of the molecule is CCOC(=O)c1cnn(-c2cc(C)c3cc(C)cc(C)c3n2)c1NS(=O)(=O)c1ccc(F)cc1. The van der Waals surface area contributed by atoms with E-state index in [1.54, 1.807) is 13.0 Å². The van der Waals surface area contributed by atoms with E-state index in [1.165, 1.54) is 10.9 Å². The van der Waals surface area contributed by atoms with Crippen molar-refractivity contribution in [1.82, 2.24) is 14.8 Å². The number of aryl methyl sites for hydroxylation is 3. The molecule has 176 valence electrons. The first-order chi connectivity index (χ1) is 16.1. The summed E-state index contributed by atoms with van der Waals surface area (Å²) in [4.78, 5) is 17.1. The number of rotatable bonds is 6. The summed E-state index contributed by atoms with van der Waals surface area (Å²) >= 11 is 0. The van der Waals surface area contributed by atoms with Crippen molar-refractivity contribution in [3.8, 4) is 5.82 Å². The Morgan fingerprint density at radius 1 is 1.09 bits per heavy atom. The van der Waals surface area contributed by atoms with E-state index in [0.717, 1.165) is 51.9 Å². The van der Waals surface area contributed by atoms with E-state index in [4.69, 9.17) is 9.72 Å². The minimum Gasteiger partial charge on any atom is -0.462 e. The summed E-state index contributed by atoms with van der Waals surface area (Å²) in [5, 5.41) is 5.21. The van der Waals surface area contributed by atoms with Crippen molar-refractivity contribution in [1.29, 1.82) is 0 Å². The minimum absolute atomic E-state index is 0.0762. The molecule has 4 aromatic rings. The van der Waals surface area contributed by atoms with Crippen LogP contribution in [0.1, 0.15) is 34.0 Å². The Morgan fingerprint density at radius 3 is 2.47 bits per heavy atom. The van der Waals surface area contributed by atoms with Crippen LogP contribution < -0.4 is 4.72 Å². The highest BCUT2D eigenvalue weighted by Crippen LogP contribution is 2.28. The predicted molar refractivity (Wildman–Crippen MR) is 126 cm³/mol. The number of nitrogens with zero attached hydrogens (tertiary/aromatic N) is 3. The number of benzene rings is 2. The molecule has 2 aromatic heterocycles. The molecule has 0 amide bonds. The van der Waals surface area contributed by atoms with E-state index in [9.17, 15) is 17.6 Å². The van der Waals surface area contributed by atoms with E-state index in [-0.39, 0.29) is 22.9 Å². The first kappa shape index (κ1) is 23.4. The van der Waals surface area contributed by atoms with Crippen molar-refractivity contribution in [3.63, 3.8) is 0 Å². The smallest absolute Gasteiger partial charge is 0.343 e. The molecule has 10 heteroatoms. The lowest BCUT2D eigenvalue weighted by Crippen LogP contribution is -2.19. The molecule has 0 saturated carbocycles. The summed E-state index contributed by atoms with van der Waals surface area (Å²) in [6.07, 6.45) is 1.23. The van der Waals surface area contributed by atoms with Crippen molar-refractivity contribution < 1.29 is 22.3 Å². The van der Waals surface area contributed by atoms with Gasteiger partial charge in [-0.25, -0.2) is 22.6 Å². The molecule has 0 bridgehead atoms. The standard InChI is InChI=1S/C24H23FN4O4S/c1-5-33-24(30)20-13-26-29(23(20)28-34(31,32)18-8-6-17(25)7-9-18)21-12-15(3)19-11-14(2)10-16(4)22(19)27-21/h6-13,28H,5H2,1-4H3. The second kappa shape index (κ2) is 8.86. The predicted octanol–water partition coefficient (Wildman–Crippen LogP) is 4.46. The van der Waals surface area contributed by atoms with E-state index in [2.05, 4.69) is 9.82 Å². The van der Waals surface area contributed by atoms with Crippen LogP contribution in [0, 0.1) is 26.6 Å². The lowest BCUT2D eigenvalue weighted by molar-refractivity contribution is 0.0527. The first-order valence-corrected chi connectivity index (χ1v) is 12.0. The highest BCUT2D eigenvalue weighted by atomic mass is 32.2. The zero-order valence-electron chi connectivity index (χ0n) is 19.1. The summed E-state index contributed by atoms with van der Waals surface area (Å²) in [5.74, 6) is -1.12. The number of carbonyl (C=O) groups is 1. The van der Waals surface area contributed by atoms with Gasteiger partial charge in [-0.15, -0.1) is 0 Å². The van der Waals surface area contributed by atoms with Crippen LogP contribution in [0.2, 0.25) is 0 Å². The first-order valence-electron chi connectivity index (χ1n) is 10.5. The Labute approximate surface area is 196 Å². The fourth-order valence-electron chi connectivity index (χ4n) is 3.71. The number of carbonyl (C=O) groups excluding carboxylic acids is 1. The van der Waals surface area contributed by atoms with Gasteiger partial charge in [0.25, 0.3) is 10.0 Å². The van der Waals surface area contributed by atoms with Gasteiger partial charge in [0, 0.05) is 5.39 Å². The van der Waals surface area contributed by atoms with Crippen molar-refractivity contribution >= 4 is 32.7 Å². The number of anilines is 1. The molecule has 0 unspecified atom stereocenters. The number of fused-ring (bicyclic) bond motifs is 1. The third-order valence-electron chi connectivity index (χ3n) is 5.28. The Morgan fingerprint density at radius 2 is 1.79 bits per heavy atom. The normalized spacial score (nSPS) is 11.6. The number of nitrogens with one attached hydrogen (secondary N) is 1. The maximum Gasteiger partial charge on any atom is 0.343 e. The Kier molecular flexibility index (Phi) is 6.09. The lowest BCUT2D eigenvalue weighted by atomic mass is 10.0.